The number of carboxylic acids is 1. The summed E-state index contributed by atoms with van der Waals surface area (Å²) in [6, 6.07) is 13.5. The number of nitrogens with zero attached hydrogens (tertiary/aromatic N) is 1. The number of ether oxygens (including phenoxy) is 1. The van der Waals surface area contributed by atoms with Crippen LogP contribution in [0.5, 0.6) is 0 Å². The van der Waals surface area contributed by atoms with E-state index in [0.29, 0.717) is 12.0 Å². The first-order valence-corrected chi connectivity index (χ1v) is 8.79. The van der Waals surface area contributed by atoms with Gasteiger partial charge in [-0.3, -0.25) is 0 Å². The zero-order chi connectivity index (χ0) is 19.0. The Bertz CT molecular complexity index is 934. The fourth-order valence-corrected chi connectivity index (χ4v) is 3.96. The van der Waals surface area contributed by atoms with E-state index in [1.807, 2.05) is 18.2 Å². The Hall–Kier alpha value is -3.02. The highest BCUT2D eigenvalue weighted by molar-refractivity contribution is 6.39. The summed E-state index contributed by atoms with van der Waals surface area (Å²) in [6.45, 7) is 0.0110. The van der Waals surface area contributed by atoms with Crippen molar-refractivity contribution in [3.05, 3.63) is 71.0 Å². The van der Waals surface area contributed by atoms with Crippen LogP contribution in [0.4, 0.5) is 9.18 Å². The van der Waals surface area contributed by atoms with Gasteiger partial charge in [-0.25, -0.2) is 14.0 Å². The first kappa shape index (κ1) is 17.4. The van der Waals surface area contributed by atoms with Crippen LogP contribution in [0.2, 0.25) is 0 Å². The van der Waals surface area contributed by atoms with Gasteiger partial charge in [0.2, 0.25) is 0 Å². The molecular formula is C21H18FNO4. The van der Waals surface area contributed by atoms with Crippen LogP contribution in [0.25, 0.3) is 0 Å². The van der Waals surface area contributed by atoms with Crippen molar-refractivity contribution in [2.24, 2.45) is 10.4 Å². The summed E-state index contributed by atoms with van der Waals surface area (Å²) in [5.74, 6) is -2.29. The second-order valence-corrected chi connectivity index (χ2v) is 7.16. The molecule has 4 rings (SSSR count). The molecule has 2 aliphatic rings. The van der Waals surface area contributed by atoms with Crippen LogP contribution < -0.4 is 0 Å². The first-order valence-electron chi connectivity index (χ1n) is 8.79. The zero-order valence-corrected chi connectivity index (χ0v) is 14.5. The van der Waals surface area contributed by atoms with E-state index in [4.69, 9.17) is 4.74 Å². The van der Waals surface area contributed by atoms with Crippen LogP contribution >= 0.6 is 0 Å². The third-order valence-electron chi connectivity index (χ3n) is 5.38. The molecule has 1 amide bonds. The number of halogens is 1. The Morgan fingerprint density at radius 2 is 1.93 bits per heavy atom. The van der Waals surface area contributed by atoms with Gasteiger partial charge in [0.25, 0.3) is 0 Å². The van der Waals surface area contributed by atoms with E-state index < -0.39 is 23.8 Å². The molecule has 2 aromatic carbocycles. The molecule has 0 radical (unpaired) electrons. The molecule has 0 saturated heterocycles. The van der Waals surface area contributed by atoms with Crippen LogP contribution in [0.1, 0.15) is 35.4 Å². The Balaban J connectivity index is 1.61. The van der Waals surface area contributed by atoms with Crippen molar-refractivity contribution < 1.29 is 23.8 Å². The molecule has 1 spiro atoms. The summed E-state index contributed by atoms with van der Waals surface area (Å²) < 4.78 is 18.9. The van der Waals surface area contributed by atoms with Gasteiger partial charge in [-0.05, 0) is 53.5 Å². The third-order valence-corrected chi connectivity index (χ3v) is 5.38. The Morgan fingerprint density at radius 1 is 1.19 bits per heavy atom. The predicted octanol–water partition coefficient (Wildman–Crippen LogP) is 4.11. The van der Waals surface area contributed by atoms with Crippen molar-refractivity contribution in [2.45, 2.75) is 31.8 Å². The molecule has 0 unspecified atom stereocenters. The molecule has 2 aromatic rings. The molecule has 2 aliphatic carbocycles. The lowest BCUT2D eigenvalue weighted by molar-refractivity contribution is -0.129. The molecule has 27 heavy (non-hydrogen) atoms. The van der Waals surface area contributed by atoms with Crippen LogP contribution in [-0.2, 0) is 22.6 Å². The summed E-state index contributed by atoms with van der Waals surface area (Å²) >= 11 is 0. The highest BCUT2D eigenvalue weighted by Gasteiger charge is 2.57. The number of hydrogen-bond acceptors (Lipinski definition) is 3. The lowest BCUT2D eigenvalue weighted by Gasteiger charge is -2.19. The number of amides is 1. The quantitative estimate of drug-likeness (QED) is 0.825. The fourth-order valence-electron chi connectivity index (χ4n) is 3.96. The van der Waals surface area contributed by atoms with Gasteiger partial charge in [0, 0.05) is 5.92 Å². The molecule has 0 heterocycles. The van der Waals surface area contributed by atoms with Gasteiger partial charge in [0.15, 0.2) is 0 Å². The van der Waals surface area contributed by atoms with Gasteiger partial charge in [-0.15, -0.1) is 0 Å². The average molecular weight is 367 g/mol. The van der Waals surface area contributed by atoms with Crippen LogP contribution in [0.15, 0.2) is 53.5 Å². The monoisotopic (exact) mass is 367 g/mol. The summed E-state index contributed by atoms with van der Waals surface area (Å²) in [5.41, 5.74) is 1.78. The van der Waals surface area contributed by atoms with Gasteiger partial charge in [0.05, 0.1) is 0 Å². The number of fused-ring (bicyclic) bond motifs is 1. The van der Waals surface area contributed by atoms with E-state index in [0.717, 1.165) is 24.0 Å². The van der Waals surface area contributed by atoms with Crippen molar-refractivity contribution in [3.8, 4) is 0 Å². The van der Waals surface area contributed by atoms with Crippen molar-refractivity contribution in [2.75, 3.05) is 0 Å². The van der Waals surface area contributed by atoms with Gasteiger partial charge in [-0.2, -0.15) is 4.99 Å². The maximum Gasteiger partial charge on any atom is 0.434 e. The van der Waals surface area contributed by atoms with E-state index in [9.17, 15) is 19.1 Å². The molecule has 6 heteroatoms. The van der Waals surface area contributed by atoms with Crippen LogP contribution in [0.3, 0.4) is 0 Å². The van der Waals surface area contributed by atoms with Crippen molar-refractivity contribution in [1.29, 1.82) is 0 Å². The second-order valence-electron chi connectivity index (χ2n) is 7.16. The van der Waals surface area contributed by atoms with Crippen molar-refractivity contribution in [1.82, 2.24) is 0 Å². The molecular weight excluding hydrogens is 349 g/mol. The number of aliphatic carboxylic acids is 1. The topological polar surface area (TPSA) is 76.0 Å². The molecule has 0 aromatic heterocycles. The molecule has 1 atom stereocenters. The smallest absolute Gasteiger partial charge is 0.434 e. The Labute approximate surface area is 155 Å². The lowest BCUT2D eigenvalue weighted by atomic mass is 9.85. The number of carboxylic acid groups (broad SMARTS) is 1. The predicted molar refractivity (Wildman–Crippen MR) is 96.2 cm³/mol. The Morgan fingerprint density at radius 3 is 2.59 bits per heavy atom. The molecule has 1 N–H and O–H groups in total. The minimum atomic E-state index is -1.28. The molecule has 0 aliphatic heterocycles. The Kier molecular flexibility index (Phi) is 4.26. The van der Waals surface area contributed by atoms with E-state index >= 15 is 0 Å². The van der Waals surface area contributed by atoms with Gasteiger partial charge >= 0.3 is 12.1 Å². The zero-order valence-electron chi connectivity index (χ0n) is 14.5. The second kappa shape index (κ2) is 6.61. The van der Waals surface area contributed by atoms with Crippen LogP contribution in [-0.4, -0.2) is 22.9 Å². The lowest BCUT2D eigenvalue weighted by Crippen LogP contribution is -2.28. The number of aliphatic imine (C=N–C) groups is 1. The summed E-state index contributed by atoms with van der Waals surface area (Å²) in [5, 5.41) is 9.69. The van der Waals surface area contributed by atoms with Gasteiger partial charge in [0.1, 0.15) is 18.1 Å². The van der Waals surface area contributed by atoms with Gasteiger partial charge < -0.3 is 9.84 Å². The summed E-state index contributed by atoms with van der Waals surface area (Å²) in [6.07, 6.45) is 1.40. The number of carbonyl (C=O) groups is 2. The van der Waals surface area contributed by atoms with E-state index in [2.05, 4.69) is 4.99 Å². The first-order chi connectivity index (χ1) is 13.0. The molecule has 138 valence electrons. The van der Waals surface area contributed by atoms with E-state index in [1.54, 1.807) is 18.2 Å². The normalized spacial score (nSPS) is 19.6. The molecule has 0 bridgehead atoms. The highest BCUT2D eigenvalue weighted by atomic mass is 19.1. The van der Waals surface area contributed by atoms with Crippen molar-refractivity contribution in [3.63, 3.8) is 0 Å². The van der Waals surface area contributed by atoms with Crippen LogP contribution in [0, 0.1) is 11.2 Å². The molecule has 1 saturated carbocycles. The number of benzene rings is 2. The standard InChI is InChI=1S/C21H18FNO4/c22-15-7-6-14-11-21(8-9-21)17(16(14)10-15)18(19(24)25)23-20(26)27-12-13-4-2-1-3-5-13/h1-7,10,17H,8-9,11-12H2,(H,24,25)/b23-18+/t17-/m0/s1. The highest BCUT2D eigenvalue weighted by Crippen LogP contribution is 2.63. The minimum absolute atomic E-state index is 0.0110. The maximum atomic E-state index is 13.8. The minimum Gasteiger partial charge on any atom is -0.477 e. The fraction of sp³-hybridized carbons (Fsp3) is 0.286. The number of hydrogen-bond donors (Lipinski definition) is 1. The van der Waals surface area contributed by atoms with Crippen molar-refractivity contribution >= 4 is 17.8 Å². The largest absolute Gasteiger partial charge is 0.477 e. The number of rotatable bonds is 4. The molecule has 1 fully saturated rings. The maximum absolute atomic E-state index is 13.8. The summed E-state index contributed by atoms with van der Waals surface area (Å²) in [4.78, 5) is 27.8. The number of carbonyl (C=O) groups excluding carboxylic acids is 1. The average Bonchev–Trinajstić information content (AvgIpc) is 3.35. The summed E-state index contributed by atoms with van der Waals surface area (Å²) in [7, 11) is 0. The van der Waals surface area contributed by atoms with E-state index in [-0.39, 0.29) is 17.7 Å². The van der Waals surface area contributed by atoms with E-state index in [1.165, 1.54) is 12.1 Å². The third kappa shape index (κ3) is 3.35. The van der Waals surface area contributed by atoms with Gasteiger partial charge in [-0.1, -0.05) is 36.4 Å². The molecule has 5 nitrogen and oxygen atoms in total. The SMILES string of the molecule is O=C(/N=C(/C(=O)O)[C@@H]1c2cc(F)ccc2CC12CC2)OCc1ccccc1.